The van der Waals surface area contributed by atoms with E-state index in [2.05, 4.69) is 20.5 Å². The first-order chi connectivity index (χ1) is 12.5. The Hall–Kier alpha value is -3.19. The fourth-order valence-corrected chi connectivity index (χ4v) is 3.16. The molecule has 8 heteroatoms. The average molecular weight is 368 g/mol. The molecule has 0 saturated carbocycles. The molecule has 1 aromatic heterocycles. The molecule has 7 nitrogen and oxygen atoms in total. The van der Waals surface area contributed by atoms with Gasteiger partial charge in [-0.3, -0.25) is 14.9 Å². The molecule has 1 aliphatic heterocycles. The van der Waals surface area contributed by atoms with Gasteiger partial charge in [-0.2, -0.15) is 0 Å². The number of hydrogen-bond donors (Lipinski definition) is 2. The Balaban J connectivity index is 1.99. The molecule has 0 aliphatic carbocycles. The van der Waals surface area contributed by atoms with Crippen molar-refractivity contribution in [3.8, 4) is 5.69 Å². The number of halogens is 1. The zero-order valence-electron chi connectivity index (χ0n) is 13.7. The van der Waals surface area contributed by atoms with Crippen LogP contribution in [-0.4, -0.2) is 31.7 Å². The lowest BCUT2D eigenvalue weighted by Gasteiger charge is -2.12. The van der Waals surface area contributed by atoms with Crippen LogP contribution in [0.25, 0.3) is 5.69 Å². The molecule has 0 radical (unpaired) electrons. The van der Waals surface area contributed by atoms with E-state index in [0.717, 1.165) is 16.8 Å². The summed E-state index contributed by atoms with van der Waals surface area (Å²) in [5.41, 5.74) is 3.18. The summed E-state index contributed by atoms with van der Waals surface area (Å²) >= 11 is 6.00. The number of aliphatic imine (C=N–C) groups is 1. The standard InChI is InChI=1S/C18H14ClN5O2/c1-10-22-23-17-16(21-18(25)26)20-15(11-6-8-12(19)9-7-11)13-4-2-3-5-14(13)24(10)17/h2-9,16,21H,1H3,(H,25,26). The number of carbonyl (C=O) groups is 1. The van der Waals surface area contributed by atoms with Gasteiger partial charge < -0.3 is 5.11 Å². The minimum Gasteiger partial charge on any atom is -0.465 e. The Morgan fingerprint density at radius 2 is 1.88 bits per heavy atom. The van der Waals surface area contributed by atoms with Gasteiger partial charge in [-0.1, -0.05) is 41.9 Å². The maximum atomic E-state index is 11.3. The van der Waals surface area contributed by atoms with Crippen LogP contribution in [0, 0.1) is 6.92 Å². The number of aryl methyl sites for hydroxylation is 1. The summed E-state index contributed by atoms with van der Waals surface area (Å²) in [4.78, 5) is 16.0. The highest BCUT2D eigenvalue weighted by atomic mass is 35.5. The van der Waals surface area contributed by atoms with E-state index in [9.17, 15) is 9.90 Å². The number of nitrogens with zero attached hydrogens (tertiary/aromatic N) is 4. The summed E-state index contributed by atoms with van der Waals surface area (Å²) in [6.07, 6.45) is -2.07. The number of nitrogens with one attached hydrogen (secondary N) is 1. The normalized spacial score (nSPS) is 15.5. The van der Waals surface area contributed by atoms with E-state index < -0.39 is 12.3 Å². The van der Waals surface area contributed by atoms with Crippen molar-refractivity contribution in [1.82, 2.24) is 20.1 Å². The number of aromatic nitrogens is 3. The van der Waals surface area contributed by atoms with E-state index in [0.29, 0.717) is 22.4 Å². The van der Waals surface area contributed by atoms with E-state index >= 15 is 0 Å². The van der Waals surface area contributed by atoms with E-state index in [1.165, 1.54) is 0 Å². The minimum absolute atomic E-state index is 0.418. The summed E-state index contributed by atoms with van der Waals surface area (Å²) in [5, 5.41) is 20.5. The van der Waals surface area contributed by atoms with Gasteiger partial charge in [0.2, 0.25) is 0 Å². The fourth-order valence-electron chi connectivity index (χ4n) is 3.03. The summed E-state index contributed by atoms with van der Waals surface area (Å²) < 4.78 is 1.82. The van der Waals surface area contributed by atoms with Crippen LogP contribution in [0.3, 0.4) is 0 Å². The van der Waals surface area contributed by atoms with Gasteiger partial charge in [0.05, 0.1) is 11.4 Å². The number of amides is 1. The number of hydrogen-bond acceptors (Lipinski definition) is 4. The molecule has 2 heterocycles. The van der Waals surface area contributed by atoms with Crippen molar-refractivity contribution in [2.75, 3.05) is 0 Å². The van der Waals surface area contributed by atoms with Crippen molar-refractivity contribution in [1.29, 1.82) is 0 Å². The van der Waals surface area contributed by atoms with E-state index in [4.69, 9.17) is 11.6 Å². The summed E-state index contributed by atoms with van der Waals surface area (Å²) in [5.74, 6) is 1.07. The van der Waals surface area contributed by atoms with Crippen LogP contribution >= 0.6 is 11.6 Å². The smallest absolute Gasteiger partial charge is 0.406 e. The van der Waals surface area contributed by atoms with Crippen LogP contribution in [0.5, 0.6) is 0 Å². The summed E-state index contributed by atoms with van der Waals surface area (Å²) in [6, 6.07) is 15.0. The first-order valence-electron chi connectivity index (χ1n) is 7.89. The van der Waals surface area contributed by atoms with Crippen LogP contribution in [0.15, 0.2) is 53.5 Å². The van der Waals surface area contributed by atoms with E-state index in [1.54, 1.807) is 12.1 Å². The Kier molecular flexibility index (Phi) is 3.93. The number of carboxylic acid groups (broad SMARTS) is 1. The van der Waals surface area contributed by atoms with E-state index in [-0.39, 0.29) is 0 Å². The molecule has 0 spiro atoms. The lowest BCUT2D eigenvalue weighted by molar-refractivity contribution is 0.189. The molecule has 2 N–H and O–H groups in total. The van der Waals surface area contributed by atoms with Gasteiger partial charge in [-0.15, -0.1) is 10.2 Å². The van der Waals surface area contributed by atoms with Crippen LogP contribution < -0.4 is 5.32 Å². The van der Waals surface area contributed by atoms with E-state index in [1.807, 2.05) is 47.9 Å². The van der Waals surface area contributed by atoms with Crippen molar-refractivity contribution in [3.63, 3.8) is 0 Å². The first kappa shape index (κ1) is 16.3. The molecule has 0 bridgehead atoms. The molecule has 26 heavy (non-hydrogen) atoms. The van der Waals surface area contributed by atoms with Gasteiger partial charge >= 0.3 is 6.09 Å². The Labute approximate surface area is 154 Å². The number of para-hydroxylation sites is 1. The lowest BCUT2D eigenvalue weighted by Crippen LogP contribution is -2.27. The quantitative estimate of drug-likeness (QED) is 0.726. The number of benzene rings is 2. The maximum absolute atomic E-state index is 11.3. The minimum atomic E-state index is -1.19. The second-order valence-electron chi connectivity index (χ2n) is 5.79. The topological polar surface area (TPSA) is 92.4 Å². The highest BCUT2D eigenvalue weighted by molar-refractivity contribution is 6.30. The maximum Gasteiger partial charge on any atom is 0.406 e. The highest BCUT2D eigenvalue weighted by Crippen LogP contribution is 2.29. The van der Waals surface area contributed by atoms with Crippen molar-refractivity contribution in [2.45, 2.75) is 13.1 Å². The highest BCUT2D eigenvalue weighted by Gasteiger charge is 2.28. The number of rotatable bonds is 2. The number of fused-ring (bicyclic) bond motifs is 3. The zero-order chi connectivity index (χ0) is 18.3. The van der Waals surface area contributed by atoms with Crippen LogP contribution in [0.2, 0.25) is 5.02 Å². The third-order valence-electron chi connectivity index (χ3n) is 4.13. The molecule has 1 unspecified atom stereocenters. The van der Waals surface area contributed by atoms with Gasteiger partial charge in [0.25, 0.3) is 0 Å². The molecular formula is C18H14ClN5O2. The molecule has 0 saturated heterocycles. The fraction of sp³-hybridized carbons (Fsp3) is 0.111. The average Bonchev–Trinajstić information content (AvgIpc) is 2.94. The first-order valence-corrected chi connectivity index (χ1v) is 8.27. The molecule has 3 aromatic rings. The van der Waals surface area contributed by atoms with Crippen LogP contribution in [0.1, 0.15) is 28.9 Å². The molecule has 1 aliphatic rings. The van der Waals surface area contributed by atoms with Crippen LogP contribution in [0.4, 0.5) is 4.79 Å². The molecule has 0 fully saturated rings. The second-order valence-corrected chi connectivity index (χ2v) is 6.23. The Morgan fingerprint density at radius 3 is 2.62 bits per heavy atom. The zero-order valence-corrected chi connectivity index (χ0v) is 14.5. The van der Waals surface area contributed by atoms with Crippen molar-refractivity contribution in [2.24, 2.45) is 4.99 Å². The Bertz CT molecular complexity index is 1030. The van der Waals surface area contributed by atoms with Crippen molar-refractivity contribution >= 4 is 23.4 Å². The van der Waals surface area contributed by atoms with Gasteiger partial charge in [0.1, 0.15) is 5.82 Å². The monoisotopic (exact) mass is 367 g/mol. The van der Waals surface area contributed by atoms with Crippen LogP contribution in [-0.2, 0) is 0 Å². The largest absolute Gasteiger partial charge is 0.465 e. The SMILES string of the molecule is Cc1nnc2n1-c1ccccc1C(c1ccc(Cl)cc1)=NC2NC(=O)O. The molecule has 1 atom stereocenters. The van der Waals surface area contributed by atoms with Crippen molar-refractivity contribution < 1.29 is 9.90 Å². The van der Waals surface area contributed by atoms with Gasteiger partial charge in [-0.25, -0.2) is 4.79 Å². The lowest BCUT2D eigenvalue weighted by atomic mass is 10.0. The van der Waals surface area contributed by atoms with Gasteiger partial charge in [0, 0.05) is 16.1 Å². The molecular weight excluding hydrogens is 354 g/mol. The third-order valence-corrected chi connectivity index (χ3v) is 4.38. The third kappa shape index (κ3) is 2.72. The van der Waals surface area contributed by atoms with Gasteiger partial charge in [0.15, 0.2) is 12.0 Å². The van der Waals surface area contributed by atoms with Gasteiger partial charge in [-0.05, 0) is 25.1 Å². The predicted molar refractivity (Wildman–Crippen MR) is 97.1 cm³/mol. The Morgan fingerprint density at radius 1 is 1.15 bits per heavy atom. The second kappa shape index (κ2) is 6.27. The summed E-state index contributed by atoms with van der Waals surface area (Å²) in [6.45, 7) is 1.82. The summed E-state index contributed by atoms with van der Waals surface area (Å²) in [7, 11) is 0. The molecule has 2 aromatic carbocycles. The molecule has 130 valence electrons. The van der Waals surface area contributed by atoms with Crippen molar-refractivity contribution in [3.05, 3.63) is 76.3 Å². The molecule has 4 rings (SSSR count). The predicted octanol–water partition coefficient (Wildman–Crippen LogP) is 3.35. The molecule has 1 amide bonds.